The lowest BCUT2D eigenvalue weighted by atomic mass is 10.1. The number of ketones is 1. The van der Waals surface area contributed by atoms with Crippen molar-refractivity contribution in [1.29, 1.82) is 0 Å². The van der Waals surface area contributed by atoms with Crippen LogP contribution in [0.15, 0.2) is 42.5 Å². The van der Waals surface area contributed by atoms with Crippen LogP contribution < -0.4 is 9.47 Å². The molecule has 23 heavy (non-hydrogen) atoms. The van der Waals surface area contributed by atoms with E-state index in [0.29, 0.717) is 29.2 Å². The average molecular weight is 315 g/mol. The van der Waals surface area contributed by atoms with E-state index in [0.717, 1.165) is 0 Å². The van der Waals surface area contributed by atoms with Crippen LogP contribution >= 0.6 is 0 Å². The largest absolute Gasteiger partial charge is 0.494 e. The lowest BCUT2D eigenvalue weighted by molar-refractivity contribution is -0.385. The van der Waals surface area contributed by atoms with E-state index in [9.17, 15) is 14.9 Å². The molecule has 6 heteroatoms. The van der Waals surface area contributed by atoms with Crippen LogP contribution in [0.25, 0.3) is 0 Å². The number of nitro benzene ring substituents is 1. The first kappa shape index (κ1) is 16.5. The molecule has 2 aromatic carbocycles. The third kappa shape index (κ3) is 4.29. The molecule has 0 radical (unpaired) electrons. The molecule has 2 rings (SSSR count). The van der Waals surface area contributed by atoms with Crippen molar-refractivity contribution in [3.63, 3.8) is 0 Å². The van der Waals surface area contributed by atoms with Crippen molar-refractivity contribution in [3.8, 4) is 11.5 Å². The molecule has 120 valence electrons. The highest BCUT2D eigenvalue weighted by Gasteiger charge is 2.12. The highest BCUT2D eigenvalue weighted by molar-refractivity contribution is 5.97. The van der Waals surface area contributed by atoms with Gasteiger partial charge in [-0.05, 0) is 50.2 Å². The molecule has 0 spiro atoms. The molecule has 0 saturated heterocycles. The number of hydrogen-bond donors (Lipinski definition) is 0. The second-order valence-electron chi connectivity index (χ2n) is 4.87. The summed E-state index contributed by atoms with van der Waals surface area (Å²) < 4.78 is 10.7. The van der Waals surface area contributed by atoms with Crippen molar-refractivity contribution < 1.29 is 19.2 Å². The van der Waals surface area contributed by atoms with Gasteiger partial charge < -0.3 is 9.47 Å². The number of aryl methyl sites for hydroxylation is 1. The zero-order valence-electron chi connectivity index (χ0n) is 12.9. The fraction of sp³-hybridized carbons (Fsp3) is 0.235. The van der Waals surface area contributed by atoms with E-state index in [-0.39, 0.29) is 18.1 Å². The highest BCUT2D eigenvalue weighted by Crippen LogP contribution is 2.23. The minimum absolute atomic E-state index is 0.0233. The molecule has 2 aromatic rings. The second-order valence-corrected chi connectivity index (χ2v) is 4.87. The molecule has 0 amide bonds. The van der Waals surface area contributed by atoms with Crippen molar-refractivity contribution in [2.45, 2.75) is 13.8 Å². The maximum atomic E-state index is 12.1. The Balaban J connectivity index is 1.98. The SMILES string of the molecule is CCOc1ccc(C(=O)COc2ccc([N+](=O)[O-])c(C)c2)cc1. The molecule has 6 nitrogen and oxygen atoms in total. The molecule has 0 aliphatic heterocycles. The summed E-state index contributed by atoms with van der Waals surface area (Å²) in [6.45, 7) is 3.94. The van der Waals surface area contributed by atoms with Gasteiger partial charge in [-0.15, -0.1) is 0 Å². The van der Waals surface area contributed by atoms with Gasteiger partial charge in [0.15, 0.2) is 12.4 Å². The Morgan fingerprint density at radius 2 is 1.74 bits per heavy atom. The first-order valence-electron chi connectivity index (χ1n) is 7.15. The maximum Gasteiger partial charge on any atom is 0.272 e. The van der Waals surface area contributed by atoms with Crippen LogP contribution in [0.4, 0.5) is 5.69 Å². The fourth-order valence-electron chi connectivity index (χ4n) is 2.06. The summed E-state index contributed by atoms with van der Waals surface area (Å²) in [7, 11) is 0. The Labute approximate surface area is 133 Å². The van der Waals surface area contributed by atoms with E-state index >= 15 is 0 Å². The monoisotopic (exact) mass is 315 g/mol. The average Bonchev–Trinajstić information content (AvgIpc) is 2.53. The molecule has 0 atom stereocenters. The second kappa shape index (κ2) is 7.40. The summed E-state index contributed by atoms with van der Waals surface area (Å²) in [4.78, 5) is 22.4. The fourth-order valence-corrected chi connectivity index (χ4v) is 2.06. The van der Waals surface area contributed by atoms with Gasteiger partial charge in [0.25, 0.3) is 5.69 Å². The standard InChI is InChI=1S/C17H17NO5/c1-3-22-14-6-4-13(5-7-14)17(19)11-23-15-8-9-16(18(20)21)12(2)10-15/h4-10H,3,11H2,1-2H3. The van der Waals surface area contributed by atoms with Crippen LogP contribution in [0.5, 0.6) is 11.5 Å². The minimum atomic E-state index is -0.454. The van der Waals surface area contributed by atoms with Crippen LogP contribution in [-0.2, 0) is 0 Å². The number of nitrogens with zero attached hydrogens (tertiary/aromatic N) is 1. The lowest BCUT2D eigenvalue weighted by Crippen LogP contribution is -2.11. The molecule has 0 aliphatic rings. The Morgan fingerprint density at radius 3 is 2.30 bits per heavy atom. The third-order valence-corrected chi connectivity index (χ3v) is 3.22. The molecule has 0 unspecified atom stereocenters. The zero-order chi connectivity index (χ0) is 16.8. The number of benzene rings is 2. The van der Waals surface area contributed by atoms with Crippen LogP contribution in [0.3, 0.4) is 0 Å². The van der Waals surface area contributed by atoms with Gasteiger partial charge in [-0.1, -0.05) is 0 Å². The molecule has 0 heterocycles. The Morgan fingerprint density at radius 1 is 1.09 bits per heavy atom. The summed E-state index contributed by atoms with van der Waals surface area (Å²) >= 11 is 0. The molecule has 0 fully saturated rings. The van der Waals surface area contributed by atoms with Gasteiger partial charge >= 0.3 is 0 Å². The topological polar surface area (TPSA) is 78.7 Å². The van der Waals surface area contributed by atoms with Gasteiger partial charge in [0.2, 0.25) is 0 Å². The van der Waals surface area contributed by atoms with E-state index < -0.39 is 4.92 Å². The van der Waals surface area contributed by atoms with Gasteiger partial charge in [-0.3, -0.25) is 14.9 Å². The molecule has 0 bridgehead atoms. The van der Waals surface area contributed by atoms with E-state index in [4.69, 9.17) is 9.47 Å². The molecular weight excluding hydrogens is 298 g/mol. The predicted molar refractivity (Wildman–Crippen MR) is 85.3 cm³/mol. The smallest absolute Gasteiger partial charge is 0.272 e. The van der Waals surface area contributed by atoms with Gasteiger partial charge in [0.1, 0.15) is 11.5 Å². The number of hydrogen-bond acceptors (Lipinski definition) is 5. The van der Waals surface area contributed by atoms with Crippen molar-refractivity contribution in [3.05, 3.63) is 63.7 Å². The van der Waals surface area contributed by atoms with Gasteiger partial charge in [0.05, 0.1) is 11.5 Å². The number of Topliss-reactive ketones (excluding diaryl/α,β-unsaturated/α-hetero) is 1. The first-order valence-corrected chi connectivity index (χ1v) is 7.15. The molecule has 0 aliphatic carbocycles. The van der Waals surface area contributed by atoms with Crippen LogP contribution in [0.1, 0.15) is 22.8 Å². The van der Waals surface area contributed by atoms with Crippen molar-refractivity contribution in [2.24, 2.45) is 0 Å². The van der Waals surface area contributed by atoms with Crippen LogP contribution in [-0.4, -0.2) is 23.9 Å². The molecule has 0 N–H and O–H groups in total. The molecular formula is C17H17NO5. The minimum Gasteiger partial charge on any atom is -0.494 e. The summed E-state index contributed by atoms with van der Waals surface area (Å²) in [6.07, 6.45) is 0. The number of rotatable bonds is 7. The summed E-state index contributed by atoms with van der Waals surface area (Å²) in [5.41, 5.74) is 1.03. The van der Waals surface area contributed by atoms with Crippen molar-refractivity contribution in [1.82, 2.24) is 0 Å². The number of carbonyl (C=O) groups is 1. The van der Waals surface area contributed by atoms with E-state index in [1.54, 1.807) is 37.3 Å². The summed E-state index contributed by atoms with van der Waals surface area (Å²) in [5.74, 6) is 0.951. The first-order chi connectivity index (χ1) is 11.0. The lowest BCUT2D eigenvalue weighted by Gasteiger charge is -2.07. The Bertz CT molecular complexity index is 709. The van der Waals surface area contributed by atoms with Crippen LogP contribution in [0, 0.1) is 17.0 Å². The summed E-state index contributed by atoms with van der Waals surface area (Å²) in [6, 6.07) is 11.2. The van der Waals surface area contributed by atoms with Gasteiger partial charge in [-0.2, -0.15) is 0 Å². The maximum absolute atomic E-state index is 12.1. The van der Waals surface area contributed by atoms with Crippen molar-refractivity contribution in [2.75, 3.05) is 13.2 Å². The normalized spacial score (nSPS) is 10.2. The van der Waals surface area contributed by atoms with Crippen molar-refractivity contribution >= 4 is 11.5 Å². The molecule has 0 aromatic heterocycles. The quantitative estimate of drug-likeness (QED) is 0.443. The van der Waals surface area contributed by atoms with E-state index in [1.165, 1.54) is 12.1 Å². The summed E-state index contributed by atoms with van der Waals surface area (Å²) in [5, 5.41) is 10.8. The van der Waals surface area contributed by atoms with Crippen LogP contribution in [0.2, 0.25) is 0 Å². The highest BCUT2D eigenvalue weighted by atomic mass is 16.6. The zero-order valence-corrected chi connectivity index (χ0v) is 12.9. The van der Waals surface area contributed by atoms with E-state index in [1.807, 2.05) is 6.92 Å². The number of ether oxygens (including phenoxy) is 2. The van der Waals surface area contributed by atoms with Gasteiger partial charge in [0, 0.05) is 17.2 Å². The van der Waals surface area contributed by atoms with Gasteiger partial charge in [-0.25, -0.2) is 0 Å². The molecule has 0 saturated carbocycles. The Hall–Kier alpha value is -2.89. The Kier molecular flexibility index (Phi) is 5.30. The van der Waals surface area contributed by atoms with E-state index in [2.05, 4.69) is 0 Å². The number of carbonyl (C=O) groups excluding carboxylic acids is 1. The number of nitro groups is 1. The predicted octanol–water partition coefficient (Wildman–Crippen LogP) is 3.56. The third-order valence-electron chi connectivity index (χ3n) is 3.22.